The first-order valence-corrected chi connectivity index (χ1v) is 5.05. The molecule has 0 aliphatic carbocycles. The molecule has 1 aliphatic heterocycles. The lowest BCUT2D eigenvalue weighted by Crippen LogP contribution is -2.49. The van der Waals surface area contributed by atoms with Crippen molar-refractivity contribution >= 4 is 17.7 Å². The third kappa shape index (κ3) is 1.88. The molecule has 0 saturated heterocycles. The molecular weight excluding hydrogens is 204 g/mol. The molecule has 1 N–H and O–H groups in total. The fourth-order valence-corrected chi connectivity index (χ4v) is 1.95. The van der Waals surface area contributed by atoms with Gasteiger partial charge >= 0.3 is 0 Å². The number of fused-ring (bicyclic) bond motifs is 1. The zero-order valence-electron chi connectivity index (χ0n) is 9.20. The molecule has 0 unspecified atom stereocenters. The second kappa shape index (κ2) is 3.58. The number of nitrogens with zero attached hydrogens (tertiary/aromatic N) is 1. The Morgan fingerprint density at radius 1 is 1.44 bits per heavy atom. The number of hydrogen-bond donors (Lipinski definition) is 1. The molecule has 4 nitrogen and oxygen atoms in total. The highest BCUT2D eigenvalue weighted by Crippen LogP contribution is 2.26. The van der Waals surface area contributed by atoms with Gasteiger partial charge in [-0.2, -0.15) is 4.99 Å². The Balaban J connectivity index is 2.49. The van der Waals surface area contributed by atoms with Gasteiger partial charge in [0.05, 0.1) is 5.69 Å². The Hall–Kier alpha value is -1.93. The van der Waals surface area contributed by atoms with E-state index in [4.69, 9.17) is 0 Å². The lowest BCUT2D eigenvalue weighted by Gasteiger charge is -2.32. The molecule has 16 heavy (non-hydrogen) atoms. The summed E-state index contributed by atoms with van der Waals surface area (Å²) in [4.78, 5) is 25.4. The lowest BCUT2D eigenvalue weighted by molar-refractivity contribution is 0.0897. The van der Waals surface area contributed by atoms with E-state index in [1.165, 1.54) is 6.08 Å². The maximum absolute atomic E-state index is 11.8. The molecular formula is C12H12N2O2. The van der Waals surface area contributed by atoms with Crippen LogP contribution in [0.25, 0.3) is 0 Å². The minimum atomic E-state index is -0.223. The first-order valence-electron chi connectivity index (χ1n) is 5.05. The van der Waals surface area contributed by atoms with Crippen LogP contribution in [0.4, 0.5) is 5.69 Å². The van der Waals surface area contributed by atoms with E-state index in [2.05, 4.69) is 10.3 Å². The molecule has 1 aliphatic rings. The largest absolute Gasteiger partial charge is 0.347 e. The van der Waals surface area contributed by atoms with Gasteiger partial charge in [-0.1, -0.05) is 6.07 Å². The average molecular weight is 216 g/mol. The smallest absolute Gasteiger partial charge is 0.252 e. The highest BCUT2D eigenvalue weighted by molar-refractivity contribution is 5.98. The molecule has 1 heterocycles. The van der Waals surface area contributed by atoms with Crippen LogP contribution in [0.1, 0.15) is 29.8 Å². The predicted octanol–water partition coefficient (Wildman–Crippen LogP) is 1.72. The molecule has 0 fully saturated rings. The second-order valence-corrected chi connectivity index (χ2v) is 4.56. The van der Waals surface area contributed by atoms with Crippen molar-refractivity contribution in [2.75, 3.05) is 0 Å². The van der Waals surface area contributed by atoms with Gasteiger partial charge in [-0.3, -0.25) is 4.79 Å². The fourth-order valence-electron chi connectivity index (χ4n) is 1.95. The third-order valence-electron chi connectivity index (χ3n) is 2.60. The molecule has 82 valence electrons. The van der Waals surface area contributed by atoms with Crippen molar-refractivity contribution in [2.24, 2.45) is 4.99 Å². The van der Waals surface area contributed by atoms with Crippen LogP contribution in [0, 0.1) is 0 Å². The topological polar surface area (TPSA) is 58.5 Å². The summed E-state index contributed by atoms with van der Waals surface area (Å²) in [5, 5.41) is 2.90. The minimum Gasteiger partial charge on any atom is -0.347 e. The van der Waals surface area contributed by atoms with Gasteiger partial charge in [0.15, 0.2) is 0 Å². The zero-order valence-corrected chi connectivity index (χ0v) is 9.20. The predicted molar refractivity (Wildman–Crippen MR) is 59.5 cm³/mol. The molecule has 1 aromatic rings. The van der Waals surface area contributed by atoms with Crippen LogP contribution >= 0.6 is 0 Å². The first kappa shape index (κ1) is 10.6. The minimum absolute atomic E-state index is 0.116. The number of amides is 1. The first-order chi connectivity index (χ1) is 7.52. The van der Waals surface area contributed by atoms with Crippen LogP contribution in [0.5, 0.6) is 0 Å². The van der Waals surface area contributed by atoms with Crippen molar-refractivity contribution in [3.63, 3.8) is 0 Å². The normalized spacial score (nSPS) is 17.0. The van der Waals surface area contributed by atoms with E-state index in [1.54, 1.807) is 12.1 Å². The number of carbonyl (C=O) groups is 1. The molecule has 0 aromatic heterocycles. The van der Waals surface area contributed by atoms with Gasteiger partial charge in [0.2, 0.25) is 6.08 Å². The van der Waals surface area contributed by atoms with E-state index in [1.807, 2.05) is 19.9 Å². The number of benzene rings is 1. The van der Waals surface area contributed by atoms with Crippen molar-refractivity contribution < 1.29 is 9.59 Å². The molecule has 1 aromatic carbocycles. The monoisotopic (exact) mass is 216 g/mol. The van der Waals surface area contributed by atoms with Crippen LogP contribution in [0.15, 0.2) is 23.2 Å². The summed E-state index contributed by atoms with van der Waals surface area (Å²) < 4.78 is 0. The molecule has 0 saturated carbocycles. The fraction of sp³-hybridized carbons (Fsp3) is 0.333. The number of carbonyl (C=O) groups excluding carboxylic acids is 2. The van der Waals surface area contributed by atoms with Gasteiger partial charge < -0.3 is 5.32 Å². The maximum Gasteiger partial charge on any atom is 0.252 e. The van der Waals surface area contributed by atoms with Gasteiger partial charge in [0.25, 0.3) is 5.91 Å². The van der Waals surface area contributed by atoms with Crippen molar-refractivity contribution in [1.29, 1.82) is 0 Å². The molecule has 2 rings (SSSR count). The standard InChI is InChI=1S/C12H12N2O2/c1-12(2)6-8-3-4-9(13-7-15)5-10(8)11(16)14-12/h3-5H,6H2,1-2H3,(H,14,16). The molecule has 0 spiro atoms. The van der Waals surface area contributed by atoms with E-state index in [-0.39, 0.29) is 11.4 Å². The summed E-state index contributed by atoms with van der Waals surface area (Å²) in [7, 11) is 0. The highest BCUT2D eigenvalue weighted by atomic mass is 16.2. The molecule has 0 radical (unpaired) electrons. The van der Waals surface area contributed by atoms with E-state index in [0.717, 1.165) is 12.0 Å². The van der Waals surface area contributed by atoms with E-state index in [9.17, 15) is 9.59 Å². The average Bonchev–Trinajstić information content (AvgIpc) is 2.18. The van der Waals surface area contributed by atoms with Crippen LogP contribution in [0.3, 0.4) is 0 Å². The van der Waals surface area contributed by atoms with Gasteiger partial charge in [0.1, 0.15) is 0 Å². The second-order valence-electron chi connectivity index (χ2n) is 4.56. The van der Waals surface area contributed by atoms with Crippen LogP contribution in [-0.4, -0.2) is 17.5 Å². The Morgan fingerprint density at radius 3 is 2.88 bits per heavy atom. The molecule has 1 amide bonds. The van der Waals surface area contributed by atoms with Crippen LogP contribution in [0.2, 0.25) is 0 Å². The van der Waals surface area contributed by atoms with Gasteiger partial charge in [0, 0.05) is 11.1 Å². The van der Waals surface area contributed by atoms with Crippen LogP contribution in [-0.2, 0) is 11.2 Å². The van der Waals surface area contributed by atoms with Gasteiger partial charge in [-0.25, -0.2) is 4.79 Å². The SMILES string of the molecule is CC1(C)Cc2ccc(N=C=O)cc2C(=O)N1. The number of nitrogens with one attached hydrogen (secondary N) is 1. The Labute approximate surface area is 93.4 Å². The van der Waals surface area contributed by atoms with Gasteiger partial charge in [-0.05, 0) is 38.0 Å². The summed E-state index contributed by atoms with van der Waals surface area (Å²) in [6, 6.07) is 5.18. The van der Waals surface area contributed by atoms with E-state index in [0.29, 0.717) is 11.3 Å². The summed E-state index contributed by atoms with van der Waals surface area (Å²) in [6.07, 6.45) is 2.24. The quantitative estimate of drug-likeness (QED) is 0.574. The van der Waals surface area contributed by atoms with E-state index >= 15 is 0 Å². The number of rotatable bonds is 1. The van der Waals surface area contributed by atoms with E-state index < -0.39 is 0 Å². The summed E-state index contributed by atoms with van der Waals surface area (Å²) in [5.41, 5.74) is 1.82. The number of hydrogen-bond acceptors (Lipinski definition) is 3. The maximum atomic E-state index is 11.8. The van der Waals surface area contributed by atoms with Crippen molar-refractivity contribution in [1.82, 2.24) is 5.32 Å². The summed E-state index contributed by atoms with van der Waals surface area (Å²) in [5.74, 6) is -0.116. The molecule has 0 bridgehead atoms. The van der Waals surface area contributed by atoms with Crippen molar-refractivity contribution in [3.8, 4) is 0 Å². The Kier molecular flexibility index (Phi) is 2.37. The van der Waals surface area contributed by atoms with Crippen LogP contribution < -0.4 is 5.32 Å². The number of isocyanates is 1. The Morgan fingerprint density at radius 2 is 2.19 bits per heavy atom. The van der Waals surface area contributed by atoms with Crippen molar-refractivity contribution in [2.45, 2.75) is 25.8 Å². The van der Waals surface area contributed by atoms with Gasteiger partial charge in [-0.15, -0.1) is 0 Å². The molecule has 4 heteroatoms. The Bertz CT molecular complexity index is 500. The van der Waals surface area contributed by atoms with Crippen molar-refractivity contribution in [3.05, 3.63) is 29.3 Å². The third-order valence-corrected chi connectivity index (χ3v) is 2.60. The summed E-state index contributed by atoms with van der Waals surface area (Å²) in [6.45, 7) is 3.96. The number of aliphatic imine (C=N–C) groups is 1. The highest BCUT2D eigenvalue weighted by Gasteiger charge is 2.29. The summed E-state index contributed by atoms with van der Waals surface area (Å²) >= 11 is 0. The lowest BCUT2D eigenvalue weighted by atomic mass is 9.87. The molecule has 0 atom stereocenters. The zero-order chi connectivity index (χ0) is 11.8.